The second-order valence-corrected chi connectivity index (χ2v) is 12.4. The highest BCUT2D eigenvalue weighted by Gasteiger charge is 2.38. The molecule has 0 saturated carbocycles. The first-order valence-corrected chi connectivity index (χ1v) is 12.6. The van der Waals surface area contributed by atoms with Gasteiger partial charge in [-0.1, -0.05) is 0 Å². The van der Waals surface area contributed by atoms with Gasteiger partial charge in [0.05, 0.1) is 6.67 Å². The van der Waals surface area contributed by atoms with Gasteiger partial charge < -0.3 is 26.6 Å². The van der Waals surface area contributed by atoms with E-state index in [-0.39, 0.29) is 0 Å². The summed E-state index contributed by atoms with van der Waals surface area (Å²) in [4.78, 5) is 4.93. The van der Waals surface area contributed by atoms with E-state index >= 15 is 0 Å². The van der Waals surface area contributed by atoms with Crippen molar-refractivity contribution < 1.29 is 26.6 Å². The molecule has 0 aromatic heterocycles. The predicted molar refractivity (Wildman–Crippen MR) is 100 cm³/mol. The van der Waals surface area contributed by atoms with Gasteiger partial charge in [0.1, 0.15) is 0 Å². The molecule has 0 bridgehead atoms. The van der Waals surface area contributed by atoms with E-state index in [9.17, 15) is 0 Å². The van der Waals surface area contributed by atoms with Gasteiger partial charge in [-0.05, 0) is 25.9 Å². The van der Waals surface area contributed by atoms with Crippen molar-refractivity contribution in [1.29, 1.82) is 0 Å². The van der Waals surface area contributed by atoms with Gasteiger partial charge in [-0.25, -0.2) is 0 Å². The Balaban J connectivity index is 2.25. The Kier molecular flexibility index (Phi) is 10.9. The summed E-state index contributed by atoms with van der Waals surface area (Å²) in [5.74, 6) is 0. The zero-order valence-corrected chi connectivity index (χ0v) is 18.7. The minimum Gasteiger partial charge on any atom is -0.377 e. The summed E-state index contributed by atoms with van der Waals surface area (Å²) in [5.41, 5.74) is 0. The summed E-state index contributed by atoms with van der Waals surface area (Å²) < 4.78 is 32.8. The minimum absolute atomic E-state index is 0.844. The Morgan fingerprint density at radius 3 is 1.20 bits per heavy atom. The highest BCUT2D eigenvalue weighted by molar-refractivity contribution is 6.60. The van der Waals surface area contributed by atoms with E-state index in [0.717, 1.165) is 57.8 Å². The molecular weight excluding hydrogens is 360 g/mol. The molecule has 1 heterocycles. The number of rotatable bonds is 14. The monoisotopic (exact) mass is 396 g/mol. The molecule has 1 saturated heterocycles. The van der Waals surface area contributed by atoms with Crippen LogP contribution in [0.15, 0.2) is 0 Å². The maximum absolute atomic E-state index is 5.47. The highest BCUT2D eigenvalue weighted by Crippen LogP contribution is 2.18. The lowest BCUT2D eigenvalue weighted by Gasteiger charge is -2.26. The topological polar surface area (TPSA) is 61.9 Å². The summed E-state index contributed by atoms with van der Waals surface area (Å²) in [6.07, 6.45) is 2.03. The average molecular weight is 397 g/mol. The first-order valence-electron chi connectivity index (χ1n) is 8.78. The highest BCUT2D eigenvalue weighted by atomic mass is 28.4. The third kappa shape index (κ3) is 6.98. The number of nitrogens with zero attached hydrogens (tertiary/aromatic N) is 2. The second-order valence-electron chi connectivity index (χ2n) is 6.18. The summed E-state index contributed by atoms with van der Waals surface area (Å²) in [6.45, 7) is 5.28. The summed E-state index contributed by atoms with van der Waals surface area (Å²) in [5, 5.41) is 0. The Bertz CT molecular complexity index is 310. The molecular formula is C15H36N2O6Si2. The van der Waals surface area contributed by atoms with E-state index < -0.39 is 17.6 Å². The number of hydrogen-bond acceptors (Lipinski definition) is 8. The van der Waals surface area contributed by atoms with Crippen LogP contribution in [0.25, 0.3) is 0 Å². The fraction of sp³-hybridized carbons (Fsp3) is 1.00. The van der Waals surface area contributed by atoms with Crippen LogP contribution < -0.4 is 0 Å². The standard InChI is InChI=1S/C15H36N2O6Si2/c1-18-24(19-2,20-3)13-7-9-16-11-12-17(15-16)10-8-14-25(21-4,22-5)23-6/h7-15H2,1-6H3. The van der Waals surface area contributed by atoms with Crippen molar-refractivity contribution in [2.24, 2.45) is 0 Å². The Labute approximate surface area is 155 Å². The van der Waals surface area contributed by atoms with Crippen LogP contribution in [0.5, 0.6) is 0 Å². The summed E-state index contributed by atoms with van der Waals surface area (Å²) >= 11 is 0. The van der Waals surface area contributed by atoms with Gasteiger partial charge in [-0.15, -0.1) is 0 Å². The van der Waals surface area contributed by atoms with Crippen LogP contribution in [0.4, 0.5) is 0 Å². The second kappa shape index (κ2) is 11.7. The minimum atomic E-state index is -2.44. The molecule has 0 aliphatic carbocycles. The van der Waals surface area contributed by atoms with Gasteiger partial charge in [0, 0.05) is 67.8 Å². The molecule has 25 heavy (non-hydrogen) atoms. The van der Waals surface area contributed by atoms with E-state index in [4.69, 9.17) is 26.6 Å². The van der Waals surface area contributed by atoms with Crippen LogP contribution in [0.1, 0.15) is 12.8 Å². The normalized spacial score (nSPS) is 17.5. The molecule has 150 valence electrons. The van der Waals surface area contributed by atoms with Gasteiger partial charge in [0.2, 0.25) is 0 Å². The molecule has 0 unspecified atom stereocenters. The van der Waals surface area contributed by atoms with Gasteiger partial charge in [0.15, 0.2) is 0 Å². The molecule has 1 aliphatic heterocycles. The molecule has 1 aliphatic rings. The molecule has 0 aromatic carbocycles. The van der Waals surface area contributed by atoms with Crippen molar-refractivity contribution in [3.8, 4) is 0 Å². The molecule has 10 heteroatoms. The summed E-state index contributed by atoms with van der Waals surface area (Å²) in [6, 6.07) is 1.69. The molecule has 0 amide bonds. The number of hydrogen-bond donors (Lipinski definition) is 0. The predicted octanol–water partition coefficient (Wildman–Crippen LogP) is 1.10. The maximum Gasteiger partial charge on any atom is 0.500 e. The third-order valence-corrected chi connectivity index (χ3v) is 10.6. The van der Waals surface area contributed by atoms with Crippen LogP contribution in [0.2, 0.25) is 12.1 Å². The molecule has 0 spiro atoms. The van der Waals surface area contributed by atoms with Crippen molar-refractivity contribution in [2.45, 2.75) is 24.9 Å². The molecule has 0 N–H and O–H groups in total. The zero-order valence-electron chi connectivity index (χ0n) is 16.7. The van der Waals surface area contributed by atoms with E-state index in [0.29, 0.717) is 0 Å². The van der Waals surface area contributed by atoms with Crippen molar-refractivity contribution in [3.05, 3.63) is 0 Å². The van der Waals surface area contributed by atoms with Gasteiger partial charge in [0.25, 0.3) is 0 Å². The van der Waals surface area contributed by atoms with Crippen LogP contribution in [-0.4, -0.2) is 103 Å². The SMILES string of the molecule is CO[Si](CCCN1CCN(CCC[Si](OC)(OC)OC)C1)(OC)OC. The van der Waals surface area contributed by atoms with Gasteiger partial charge >= 0.3 is 17.6 Å². The molecule has 0 radical (unpaired) electrons. The first kappa shape index (κ1) is 23.2. The van der Waals surface area contributed by atoms with Crippen LogP contribution >= 0.6 is 0 Å². The fourth-order valence-corrected chi connectivity index (χ4v) is 6.63. The summed E-state index contributed by atoms with van der Waals surface area (Å²) in [7, 11) is 5.12. The van der Waals surface area contributed by atoms with Crippen molar-refractivity contribution in [3.63, 3.8) is 0 Å². The van der Waals surface area contributed by atoms with Crippen molar-refractivity contribution in [2.75, 3.05) is 75.5 Å². The Hall–Kier alpha value is 0.114. The maximum atomic E-state index is 5.47. The van der Waals surface area contributed by atoms with Crippen LogP contribution in [0.3, 0.4) is 0 Å². The Morgan fingerprint density at radius 1 is 0.600 bits per heavy atom. The molecule has 8 nitrogen and oxygen atoms in total. The van der Waals surface area contributed by atoms with E-state index in [1.54, 1.807) is 42.7 Å². The fourth-order valence-electron chi connectivity index (χ4n) is 3.22. The van der Waals surface area contributed by atoms with E-state index in [1.807, 2.05) is 0 Å². The molecule has 0 aromatic rings. The largest absolute Gasteiger partial charge is 0.500 e. The lowest BCUT2D eigenvalue weighted by molar-refractivity contribution is 0.121. The zero-order chi connectivity index (χ0) is 18.8. The average Bonchev–Trinajstić information content (AvgIpc) is 3.11. The third-order valence-electron chi connectivity index (χ3n) is 4.91. The van der Waals surface area contributed by atoms with Crippen LogP contribution in [-0.2, 0) is 26.6 Å². The Morgan fingerprint density at radius 2 is 0.920 bits per heavy atom. The van der Waals surface area contributed by atoms with Gasteiger partial charge in [-0.2, -0.15) is 0 Å². The molecule has 0 atom stereocenters. The lowest BCUT2D eigenvalue weighted by atomic mass is 10.4. The van der Waals surface area contributed by atoms with Crippen LogP contribution in [0, 0.1) is 0 Å². The van der Waals surface area contributed by atoms with Crippen molar-refractivity contribution in [1.82, 2.24) is 9.80 Å². The lowest BCUT2D eigenvalue weighted by Crippen LogP contribution is -2.43. The quantitative estimate of drug-likeness (QED) is 0.405. The van der Waals surface area contributed by atoms with E-state index in [1.165, 1.54) is 0 Å². The smallest absolute Gasteiger partial charge is 0.377 e. The van der Waals surface area contributed by atoms with Gasteiger partial charge in [-0.3, -0.25) is 9.80 Å². The van der Waals surface area contributed by atoms with Crippen molar-refractivity contribution >= 4 is 17.6 Å². The van der Waals surface area contributed by atoms with E-state index in [2.05, 4.69) is 9.80 Å². The molecule has 1 rings (SSSR count). The first-order chi connectivity index (χ1) is 12.0. The molecule has 1 fully saturated rings.